The molecule has 0 radical (unpaired) electrons. The van der Waals surface area contributed by atoms with E-state index in [9.17, 15) is 0 Å². The average molecular weight is 169 g/mol. The van der Waals surface area contributed by atoms with Gasteiger partial charge in [-0.3, -0.25) is 0 Å². The molecule has 0 aromatic heterocycles. The van der Waals surface area contributed by atoms with Crippen LogP contribution in [0.2, 0.25) is 0 Å². The maximum atomic E-state index is 4.02. The van der Waals surface area contributed by atoms with E-state index in [1.165, 1.54) is 31.3 Å². The molecule has 1 N–H and O–H groups in total. The summed E-state index contributed by atoms with van der Waals surface area (Å²) in [6.07, 6.45) is 6.14. The van der Waals surface area contributed by atoms with Crippen LogP contribution in [-0.4, -0.2) is 13.1 Å². The fourth-order valence-electron chi connectivity index (χ4n) is 1.17. The van der Waals surface area contributed by atoms with E-state index in [1.54, 1.807) is 0 Å². The highest BCUT2D eigenvalue weighted by molar-refractivity contribution is 4.93. The molecule has 0 bridgehead atoms. The largest absolute Gasteiger partial charge is 0.316 e. The predicted octanol–water partition coefficient (Wildman–Crippen LogP) is 3.12. The van der Waals surface area contributed by atoms with Crippen LogP contribution in [0.25, 0.3) is 0 Å². The van der Waals surface area contributed by atoms with E-state index < -0.39 is 0 Å². The average Bonchev–Trinajstić information content (AvgIpc) is 2.05. The zero-order valence-electron chi connectivity index (χ0n) is 8.66. The topological polar surface area (TPSA) is 12.0 Å². The van der Waals surface area contributed by atoms with Gasteiger partial charge in [-0.2, -0.15) is 0 Å². The van der Waals surface area contributed by atoms with Crippen LogP contribution in [-0.2, 0) is 0 Å². The summed E-state index contributed by atoms with van der Waals surface area (Å²) >= 11 is 0. The number of hydrogen-bond acceptors (Lipinski definition) is 1. The molecule has 0 heterocycles. The van der Waals surface area contributed by atoms with Crippen LogP contribution in [0.5, 0.6) is 0 Å². The molecule has 0 atom stereocenters. The molecular formula is C11H23N. The highest BCUT2D eigenvalue weighted by Crippen LogP contribution is 2.04. The van der Waals surface area contributed by atoms with Crippen molar-refractivity contribution in [1.82, 2.24) is 5.32 Å². The number of rotatable bonds is 8. The molecule has 0 fully saturated rings. The SMILES string of the molecule is C=C(CCC)CCNCCCC. The summed E-state index contributed by atoms with van der Waals surface area (Å²) in [4.78, 5) is 0. The van der Waals surface area contributed by atoms with Crippen molar-refractivity contribution >= 4 is 0 Å². The molecule has 1 nitrogen and oxygen atoms in total. The van der Waals surface area contributed by atoms with Gasteiger partial charge in [0.15, 0.2) is 0 Å². The molecule has 0 rings (SSSR count). The Morgan fingerprint density at radius 1 is 1.08 bits per heavy atom. The molecule has 12 heavy (non-hydrogen) atoms. The van der Waals surface area contributed by atoms with E-state index in [1.807, 2.05) is 0 Å². The molecule has 72 valence electrons. The van der Waals surface area contributed by atoms with Gasteiger partial charge in [0.1, 0.15) is 0 Å². The lowest BCUT2D eigenvalue weighted by Crippen LogP contribution is -2.16. The summed E-state index contributed by atoms with van der Waals surface area (Å²) in [5.74, 6) is 0. The van der Waals surface area contributed by atoms with E-state index >= 15 is 0 Å². The second-order valence-corrected chi connectivity index (χ2v) is 3.35. The van der Waals surface area contributed by atoms with Crippen molar-refractivity contribution in [3.63, 3.8) is 0 Å². The van der Waals surface area contributed by atoms with Crippen LogP contribution in [0, 0.1) is 0 Å². The van der Waals surface area contributed by atoms with Crippen LogP contribution in [0.15, 0.2) is 12.2 Å². The first kappa shape index (κ1) is 11.7. The molecule has 0 aromatic rings. The molecule has 0 saturated carbocycles. The molecule has 0 aromatic carbocycles. The third kappa shape index (κ3) is 7.80. The lowest BCUT2D eigenvalue weighted by molar-refractivity contribution is 0.632. The third-order valence-electron chi connectivity index (χ3n) is 1.97. The maximum Gasteiger partial charge on any atom is -0.00117 e. The highest BCUT2D eigenvalue weighted by atomic mass is 14.8. The lowest BCUT2D eigenvalue weighted by atomic mass is 10.1. The minimum atomic E-state index is 1.11. The summed E-state index contributed by atoms with van der Waals surface area (Å²) in [7, 11) is 0. The van der Waals surface area contributed by atoms with Crippen molar-refractivity contribution in [3.8, 4) is 0 Å². The standard InChI is InChI=1S/C11H23N/c1-4-6-9-12-10-8-11(3)7-5-2/h12H,3-10H2,1-2H3. The van der Waals surface area contributed by atoms with E-state index in [0.29, 0.717) is 0 Å². The fraction of sp³-hybridized carbons (Fsp3) is 0.818. The molecule has 0 aliphatic carbocycles. The Balaban J connectivity index is 3.03. The van der Waals surface area contributed by atoms with Crippen LogP contribution in [0.4, 0.5) is 0 Å². The summed E-state index contributed by atoms with van der Waals surface area (Å²) in [5, 5.41) is 3.41. The normalized spacial score (nSPS) is 10.2. The van der Waals surface area contributed by atoms with Crippen molar-refractivity contribution in [2.45, 2.75) is 46.0 Å². The summed E-state index contributed by atoms with van der Waals surface area (Å²) in [6.45, 7) is 10.7. The maximum absolute atomic E-state index is 4.02. The molecule has 0 unspecified atom stereocenters. The van der Waals surface area contributed by atoms with Gasteiger partial charge in [-0.05, 0) is 32.4 Å². The molecular weight excluding hydrogens is 146 g/mol. The summed E-state index contributed by atoms with van der Waals surface area (Å²) < 4.78 is 0. The van der Waals surface area contributed by atoms with Crippen molar-refractivity contribution in [3.05, 3.63) is 12.2 Å². The Kier molecular flexibility index (Phi) is 8.57. The first-order valence-electron chi connectivity index (χ1n) is 5.18. The van der Waals surface area contributed by atoms with Crippen LogP contribution >= 0.6 is 0 Å². The Labute approximate surface area is 77.2 Å². The number of hydrogen-bond donors (Lipinski definition) is 1. The molecule has 0 aliphatic rings. The van der Waals surface area contributed by atoms with Gasteiger partial charge in [0.2, 0.25) is 0 Å². The Morgan fingerprint density at radius 2 is 1.83 bits per heavy atom. The molecule has 0 amide bonds. The van der Waals surface area contributed by atoms with Crippen LogP contribution in [0.3, 0.4) is 0 Å². The van der Waals surface area contributed by atoms with Gasteiger partial charge in [-0.25, -0.2) is 0 Å². The fourth-order valence-corrected chi connectivity index (χ4v) is 1.17. The Bertz CT molecular complexity index is 108. The van der Waals surface area contributed by atoms with Crippen molar-refractivity contribution < 1.29 is 0 Å². The summed E-state index contributed by atoms with van der Waals surface area (Å²) in [6, 6.07) is 0. The molecule has 0 spiro atoms. The van der Waals surface area contributed by atoms with E-state index in [0.717, 1.165) is 19.5 Å². The predicted molar refractivity (Wildman–Crippen MR) is 56.4 cm³/mol. The monoisotopic (exact) mass is 169 g/mol. The highest BCUT2D eigenvalue weighted by Gasteiger charge is 1.92. The quantitative estimate of drug-likeness (QED) is 0.435. The van der Waals surface area contributed by atoms with Gasteiger partial charge in [-0.15, -0.1) is 0 Å². The second-order valence-electron chi connectivity index (χ2n) is 3.35. The Hall–Kier alpha value is -0.300. The molecule has 0 aliphatic heterocycles. The zero-order valence-corrected chi connectivity index (χ0v) is 8.66. The van der Waals surface area contributed by atoms with Crippen LogP contribution in [0.1, 0.15) is 46.0 Å². The number of unbranched alkanes of at least 4 members (excludes halogenated alkanes) is 1. The smallest absolute Gasteiger partial charge is 0.00117 e. The van der Waals surface area contributed by atoms with Crippen molar-refractivity contribution in [1.29, 1.82) is 0 Å². The second kappa shape index (κ2) is 8.79. The van der Waals surface area contributed by atoms with Gasteiger partial charge in [0.05, 0.1) is 0 Å². The third-order valence-corrected chi connectivity index (χ3v) is 1.97. The van der Waals surface area contributed by atoms with E-state index in [2.05, 4.69) is 25.7 Å². The van der Waals surface area contributed by atoms with Gasteiger partial charge in [0, 0.05) is 0 Å². The lowest BCUT2D eigenvalue weighted by Gasteiger charge is -2.05. The molecule has 0 saturated heterocycles. The number of nitrogens with one attached hydrogen (secondary N) is 1. The summed E-state index contributed by atoms with van der Waals surface area (Å²) in [5.41, 5.74) is 1.39. The van der Waals surface area contributed by atoms with Crippen molar-refractivity contribution in [2.24, 2.45) is 0 Å². The van der Waals surface area contributed by atoms with E-state index in [-0.39, 0.29) is 0 Å². The zero-order chi connectivity index (χ0) is 9.23. The first-order valence-corrected chi connectivity index (χ1v) is 5.18. The van der Waals surface area contributed by atoms with Gasteiger partial charge in [-0.1, -0.05) is 38.8 Å². The first-order chi connectivity index (χ1) is 5.81. The van der Waals surface area contributed by atoms with Crippen molar-refractivity contribution in [2.75, 3.05) is 13.1 Å². The minimum absolute atomic E-state index is 1.11. The van der Waals surface area contributed by atoms with Crippen LogP contribution < -0.4 is 5.32 Å². The van der Waals surface area contributed by atoms with Gasteiger partial charge in [0.25, 0.3) is 0 Å². The van der Waals surface area contributed by atoms with Gasteiger partial charge < -0.3 is 5.32 Å². The van der Waals surface area contributed by atoms with Gasteiger partial charge >= 0.3 is 0 Å². The molecule has 1 heteroatoms. The Morgan fingerprint density at radius 3 is 2.42 bits per heavy atom. The minimum Gasteiger partial charge on any atom is -0.316 e. The van der Waals surface area contributed by atoms with E-state index in [4.69, 9.17) is 0 Å².